The molecule has 0 aliphatic heterocycles. The number of pyridine rings is 1. The molecule has 1 aliphatic rings. The number of nitrogens with two attached hydrogens (primary N) is 1. The first-order valence-corrected chi connectivity index (χ1v) is 10.8. The van der Waals surface area contributed by atoms with Gasteiger partial charge in [0, 0.05) is 18.1 Å². The minimum Gasteiger partial charge on any atom is -0.383 e. The number of halogens is 1. The summed E-state index contributed by atoms with van der Waals surface area (Å²) in [5, 5.41) is 0.556. The van der Waals surface area contributed by atoms with Crippen LogP contribution < -0.4 is 11.3 Å². The number of hydrogen-bond donors (Lipinski definition) is 1. The summed E-state index contributed by atoms with van der Waals surface area (Å²) in [5.74, 6) is -0.0813. The molecule has 4 rings (SSSR count). The summed E-state index contributed by atoms with van der Waals surface area (Å²) >= 11 is 1.41. The van der Waals surface area contributed by atoms with Crippen LogP contribution in [0.1, 0.15) is 42.9 Å². The number of rotatable bonds is 5. The van der Waals surface area contributed by atoms with Gasteiger partial charge < -0.3 is 5.73 Å². The van der Waals surface area contributed by atoms with Crippen molar-refractivity contribution < 1.29 is 4.39 Å². The fourth-order valence-electron chi connectivity index (χ4n) is 3.86. The SMILES string of the molecule is Cn1c(=O)c(C(=NCc2ccc(F)nc2)Sc2ccccc2)c(N)n1C1CCCC1. The molecule has 6 nitrogen and oxygen atoms in total. The summed E-state index contributed by atoms with van der Waals surface area (Å²) in [6.45, 7) is 0.277. The van der Waals surface area contributed by atoms with Crippen LogP contribution in [0.25, 0.3) is 0 Å². The number of nitrogen functional groups attached to an aromatic ring is 1. The summed E-state index contributed by atoms with van der Waals surface area (Å²) in [6, 6.07) is 12.9. The molecule has 8 heteroatoms. The van der Waals surface area contributed by atoms with Crippen LogP contribution in [0, 0.1) is 5.95 Å². The van der Waals surface area contributed by atoms with E-state index < -0.39 is 5.95 Å². The molecule has 0 spiro atoms. The van der Waals surface area contributed by atoms with Crippen LogP contribution in [-0.4, -0.2) is 19.4 Å². The quantitative estimate of drug-likeness (QED) is 0.288. The standard InChI is InChI=1S/C22H24FN5OS/c1-27-22(29)19(20(24)28(27)16-7-5-6-8-16)21(30-17-9-3-2-4-10-17)26-14-15-11-12-18(23)25-13-15/h2-4,9-13,16H,5-8,14,24H2,1H3. The topological polar surface area (TPSA) is 78.2 Å². The highest BCUT2D eigenvalue weighted by Gasteiger charge is 2.27. The average molecular weight is 426 g/mol. The fourth-order valence-corrected chi connectivity index (χ4v) is 4.80. The average Bonchev–Trinajstić information content (AvgIpc) is 3.34. The largest absolute Gasteiger partial charge is 0.383 e. The molecule has 0 bridgehead atoms. The van der Waals surface area contributed by atoms with Crippen molar-refractivity contribution in [2.45, 2.75) is 43.2 Å². The Kier molecular flexibility index (Phi) is 6.03. The van der Waals surface area contributed by atoms with Crippen LogP contribution in [0.2, 0.25) is 0 Å². The van der Waals surface area contributed by atoms with Gasteiger partial charge in [-0.3, -0.25) is 19.2 Å². The third kappa shape index (κ3) is 4.18. The number of benzene rings is 1. The zero-order valence-electron chi connectivity index (χ0n) is 16.8. The lowest BCUT2D eigenvalue weighted by atomic mass is 10.2. The van der Waals surface area contributed by atoms with Crippen molar-refractivity contribution in [2.75, 3.05) is 5.73 Å². The molecule has 0 amide bonds. The lowest BCUT2D eigenvalue weighted by molar-refractivity contribution is 0.405. The van der Waals surface area contributed by atoms with Crippen molar-refractivity contribution in [3.8, 4) is 0 Å². The molecule has 2 aromatic heterocycles. The van der Waals surface area contributed by atoms with Gasteiger partial charge in [0.05, 0.1) is 12.6 Å². The monoisotopic (exact) mass is 425 g/mol. The molecule has 156 valence electrons. The van der Waals surface area contributed by atoms with Crippen molar-refractivity contribution in [2.24, 2.45) is 12.0 Å². The summed E-state index contributed by atoms with van der Waals surface area (Å²) in [7, 11) is 1.76. The van der Waals surface area contributed by atoms with E-state index in [0.29, 0.717) is 16.4 Å². The number of aromatic nitrogens is 3. The van der Waals surface area contributed by atoms with E-state index in [2.05, 4.69) is 4.98 Å². The van der Waals surface area contributed by atoms with Gasteiger partial charge >= 0.3 is 0 Å². The minimum absolute atomic E-state index is 0.154. The predicted octanol–water partition coefficient (Wildman–Crippen LogP) is 4.16. The molecule has 0 radical (unpaired) electrons. The smallest absolute Gasteiger partial charge is 0.278 e. The highest BCUT2D eigenvalue weighted by Crippen LogP contribution is 2.33. The second kappa shape index (κ2) is 8.87. The lowest BCUT2D eigenvalue weighted by Crippen LogP contribution is -2.23. The maximum Gasteiger partial charge on any atom is 0.278 e. The molecule has 1 aromatic carbocycles. The van der Waals surface area contributed by atoms with E-state index in [1.807, 2.05) is 35.0 Å². The first kappa shape index (κ1) is 20.4. The first-order chi connectivity index (χ1) is 14.5. The third-order valence-electron chi connectivity index (χ3n) is 5.37. The highest BCUT2D eigenvalue weighted by atomic mass is 32.2. The van der Waals surface area contributed by atoms with E-state index >= 15 is 0 Å². The number of thioether (sulfide) groups is 1. The van der Waals surface area contributed by atoms with Crippen LogP contribution in [-0.2, 0) is 13.6 Å². The lowest BCUT2D eigenvalue weighted by Gasteiger charge is -2.16. The fraction of sp³-hybridized carbons (Fsp3) is 0.318. The zero-order chi connectivity index (χ0) is 21.1. The highest BCUT2D eigenvalue weighted by molar-refractivity contribution is 8.14. The molecular weight excluding hydrogens is 401 g/mol. The number of hydrogen-bond acceptors (Lipinski definition) is 5. The Morgan fingerprint density at radius 1 is 1.23 bits per heavy atom. The van der Waals surface area contributed by atoms with Gasteiger partial charge in [-0.15, -0.1) is 0 Å². The van der Waals surface area contributed by atoms with Crippen LogP contribution in [0.3, 0.4) is 0 Å². The van der Waals surface area contributed by atoms with E-state index in [-0.39, 0.29) is 18.1 Å². The Hall–Kier alpha value is -2.87. The molecule has 1 aliphatic carbocycles. The van der Waals surface area contributed by atoms with Gasteiger partial charge in [0.25, 0.3) is 5.56 Å². The summed E-state index contributed by atoms with van der Waals surface area (Å²) < 4.78 is 16.7. The third-order valence-corrected chi connectivity index (χ3v) is 6.40. The van der Waals surface area contributed by atoms with Gasteiger partial charge in [0.1, 0.15) is 16.4 Å². The first-order valence-electron chi connectivity index (χ1n) is 9.99. The van der Waals surface area contributed by atoms with E-state index in [1.54, 1.807) is 17.8 Å². The number of nitrogens with zero attached hydrogens (tertiary/aromatic N) is 4. The number of anilines is 1. The van der Waals surface area contributed by atoms with Crippen molar-refractivity contribution in [3.63, 3.8) is 0 Å². The maximum absolute atomic E-state index is 13.2. The van der Waals surface area contributed by atoms with E-state index in [9.17, 15) is 9.18 Å². The molecule has 0 saturated heterocycles. The number of aliphatic imine (C=N–C) groups is 1. The molecule has 0 atom stereocenters. The van der Waals surface area contributed by atoms with Crippen LogP contribution >= 0.6 is 11.8 Å². The van der Waals surface area contributed by atoms with Crippen molar-refractivity contribution >= 4 is 22.6 Å². The van der Waals surface area contributed by atoms with E-state index in [4.69, 9.17) is 10.7 Å². The Bertz CT molecular complexity index is 1100. The minimum atomic E-state index is -0.534. The summed E-state index contributed by atoms with van der Waals surface area (Å²) in [6.07, 6.45) is 5.78. The van der Waals surface area contributed by atoms with Crippen LogP contribution in [0.5, 0.6) is 0 Å². The van der Waals surface area contributed by atoms with Crippen molar-refractivity contribution in [1.29, 1.82) is 0 Å². The van der Waals surface area contributed by atoms with Gasteiger partial charge in [-0.25, -0.2) is 4.98 Å². The van der Waals surface area contributed by atoms with Gasteiger partial charge in [-0.1, -0.05) is 48.9 Å². The Morgan fingerprint density at radius 2 is 1.97 bits per heavy atom. The summed E-state index contributed by atoms with van der Waals surface area (Å²) in [4.78, 5) is 22.5. The molecule has 1 fully saturated rings. The van der Waals surface area contributed by atoms with Crippen molar-refractivity contribution in [1.82, 2.24) is 14.3 Å². The summed E-state index contributed by atoms with van der Waals surface area (Å²) in [5.41, 5.74) is 7.54. The van der Waals surface area contributed by atoms with Crippen molar-refractivity contribution in [3.05, 3.63) is 76.1 Å². The molecule has 1 saturated carbocycles. The van der Waals surface area contributed by atoms with Crippen LogP contribution in [0.4, 0.5) is 10.2 Å². The van der Waals surface area contributed by atoms with Gasteiger partial charge in [-0.2, -0.15) is 4.39 Å². The van der Waals surface area contributed by atoms with Gasteiger partial charge in [-0.05, 0) is 36.6 Å². The molecular formula is C22H24FN5OS. The molecule has 2 heterocycles. The van der Waals surface area contributed by atoms with Gasteiger partial charge in [0.2, 0.25) is 5.95 Å². The Balaban J connectivity index is 1.75. The second-order valence-electron chi connectivity index (χ2n) is 7.40. The molecule has 30 heavy (non-hydrogen) atoms. The normalized spacial score (nSPS) is 15.1. The molecule has 0 unspecified atom stereocenters. The second-order valence-corrected chi connectivity index (χ2v) is 8.46. The Labute approximate surface area is 178 Å². The van der Waals surface area contributed by atoms with Crippen LogP contribution in [0.15, 0.2) is 63.3 Å². The van der Waals surface area contributed by atoms with E-state index in [1.165, 1.54) is 24.0 Å². The Morgan fingerprint density at radius 3 is 2.63 bits per heavy atom. The zero-order valence-corrected chi connectivity index (χ0v) is 17.6. The predicted molar refractivity (Wildman–Crippen MR) is 118 cm³/mol. The molecule has 3 aromatic rings. The van der Waals surface area contributed by atoms with E-state index in [0.717, 1.165) is 36.1 Å². The van der Waals surface area contributed by atoms with Gasteiger partial charge in [0.15, 0.2) is 0 Å². The molecule has 2 N–H and O–H groups in total. The maximum atomic E-state index is 13.2.